The van der Waals surface area contributed by atoms with E-state index in [2.05, 4.69) is 21.9 Å². The van der Waals surface area contributed by atoms with Gasteiger partial charge in [-0.1, -0.05) is 53.5 Å². The van der Waals surface area contributed by atoms with E-state index in [1.54, 1.807) is 48.5 Å². The van der Waals surface area contributed by atoms with E-state index < -0.39 is 18.2 Å². The number of anilines is 1. The van der Waals surface area contributed by atoms with Crippen LogP contribution in [0.3, 0.4) is 0 Å². The van der Waals surface area contributed by atoms with Gasteiger partial charge in [-0.05, 0) is 36.4 Å². The number of carbonyl (C=O) groups excluding carboxylic acids is 2. The van der Waals surface area contributed by atoms with Gasteiger partial charge in [0, 0.05) is 16.8 Å². The van der Waals surface area contributed by atoms with Gasteiger partial charge in [-0.15, -0.1) is 0 Å². The van der Waals surface area contributed by atoms with Crippen LogP contribution in [0.1, 0.15) is 23.1 Å². The average Bonchev–Trinajstić information content (AvgIpc) is 2.81. The predicted molar refractivity (Wildman–Crippen MR) is 127 cm³/mol. The molecule has 0 atom stereocenters. The summed E-state index contributed by atoms with van der Waals surface area (Å²) >= 11 is 11.7. The van der Waals surface area contributed by atoms with E-state index in [0.29, 0.717) is 32.6 Å². The highest BCUT2D eigenvalue weighted by Crippen LogP contribution is 2.25. The molecule has 3 rings (SSSR count). The van der Waals surface area contributed by atoms with E-state index in [4.69, 9.17) is 27.9 Å². The molecule has 0 heterocycles. The van der Waals surface area contributed by atoms with Crippen molar-refractivity contribution < 1.29 is 14.3 Å². The van der Waals surface area contributed by atoms with Crippen LogP contribution < -0.4 is 15.5 Å². The van der Waals surface area contributed by atoms with Gasteiger partial charge in [0.1, 0.15) is 18.8 Å². The number of halogens is 2. The topological polar surface area (TPSA) is 104 Å². The van der Waals surface area contributed by atoms with Crippen LogP contribution in [0.15, 0.2) is 71.8 Å². The van der Waals surface area contributed by atoms with E-state index in [1.165, 1.54) is 12.3 Å². The van der Waals surface area contributed by atoms with Crippen molar-refractivity contribution in [2.24, 2.45) is 5.10 Å². The first-order valence-electron chi connectivity index (χ1n) is 9.73. The normalized spacial score (nSPS) is 10.5. The van der Waals surface area contributed by atoms with E-state index >= 15 is 0 Å². The number of hydrazone groups is 1. The fourth-order valence-electron chi connectivity index (χ4n) is 2.77. The molecule has 3 aromatic carbocycles. The van der Waals surface area contributed by atoms with Gasteiger partial charge in [0.25, 0.3) is 0 Å². The van der Waals surface area contributed by atoms with Gasteiger partial charge in [-0.25, -0.2) is 5.43 Å². The number of nitriles is 1. The van der Waals surface area contributed by atoms with Crippen LogP contribution in [-0.2, 0) is 16.2 Å². The monoisotopic (exact) mass is 480 g/mol. The third-order valence-corrected chi connectivity index (χ3v) is 5.10. The van der Waals surface area contributed by atoms with E-state index in [-0.39, 0.29) is 6.61 Å². The number of carbonyl (C=O) groups is 2. The van der Waals surface area contributed by atoms with Crippen molar-refractivity contribution in [3.05, 3.63) is 93.5 Å². The van der Waals surface area contributed by atoms with Gasteiger partial charge >= 0.3 is 0 Å². The average molecular weight is 481 g/mol. The van der Waals surface area contributed by atoms with Gasteiger partial charge in [-0.2, -0.15) is 10.4 Å². The smallest absolute Gasteiger partial charge is 0.249 e. The summed E-state index contributed by atoms with van der Waals surface area (Å²) in [7, 11) is 0. The maximum absolute atomic E-state index is 12.0. The molecule has 9 heteroatoms. The summed E-state index contributed by atoms with van der Waals surface area (Å²) in [5.74, 6) is -0.591. The van der Waals surface area contributed by atoms with Crippen LogP contribution in [0.2, 0.25) is 10.0 Å². The third-order valence-electron chi connectivity index (χ3n) is 4.36. The molecule has 0 unspecified atom stereocenters. The van der Waals surface area contributed by atoms with Crippen molar-refractivity contribution in [2.45, 2.75) is 13.0 Å². The first kappa shape index (κ1) is 23.8. The molecule has 0 saturated carbocycles. The minimum Gasteiger partial charge on any atom is -0.488 e. The number of para-hydroxylation sites is 1. The molecule has 33 heavy (non-hydrogen) atoms. The molecule has 0 bridgehead atoms. The van der Waals surface area contributed by atoms with E-state index in [9.17, 15) is 14.9 Å². The minimum absolute atomic E-state index is 0.204. The summed E-state index contributed by atoms with van der Waals surface area (Å²) in [6.45, 7) is 0.204. The number of hydrogen-bond donors (Lipinski definition) is 2. The third kappa shape index (κ3) is 7.07. The molecular formula is C24H18Cl2N4O3. The molecule has 0 aromatic heterocycles. The Morgan fingerprint density at radius 1 is 1.00 bits per heavy atom. The second-order valence-electron chi connectivity index (χ2n) is 6.74. The Labute approximate surface area is 200 Å². The number of benzene rings is 3. The van der Waals surface area contributed by atoms with Crippen molar-refractivity contribution in [2.75, 3.05) is 5.32 Å². The van der Waals surface area contributed by atoms with Crippen LogP contribution in [0, 0.1) is 11.3 Å². The molecule has 166 valence electrons. The number of nitrogens with zero attached hydrogens (tertiary/aromatic N) is 2. The second-order valence-corrected chi connectivity index (χ2v) is 7.56. The van der Waals surface area contributed by atoms with E-state index in [0.717, 1.165) is 5.56 Å². The molecule has 0 aliphatic heterocycles. The number of ether oxygens (including phenoxy) is 1. The molecular weight excluding hydrogens is 463 g/mol. The molecule has 0 saturated heterocycles. The van der Waals surface area contributed by atoms with Gasteiger partial charge in [0.2, 0.25) is 11.8 Å². The summed E-state index contributed by atoms with van der Waals surface area (Å²) < 4.78 is 5.83. The zero-order valence-electron chi connectivity index (χ0n) is 17.2. The van der Waals surface area contributed by atoms with E-state index in [1.807, 2.05) is 12.1 Å². The molecule has 0 aliphatic rings. The summed E-state index contributed by atoms with van der Waals surface area (Å²) in [5.41, 5.74) is 4.65. The Morgan fingerprint density at radius 2 is 1.76 bits per heavy atom. The highest BCUT2D eigenvalue weighted by atomic mass is 35.5. The molecule has 7 nitrogen and oxygen atoms in total. The maximum atomic E-state index is 12.0. The largest absolute Gasteiger partial charge is 0.488 e. The van der Waals surface area contributed by atoms with Crippen molar-refractivity contribution in [1.29, 1.82) is 5.26 Å². The highest BCUT2D eigenvalue weighted by molar-refractivity contribution is 6.42. The zero-order chi connectivity index (χ0) is 23.6. The lowest BCUT2D eigenvalue weighted by Crippen LogP contribution is -2.24. The zero-order valence-corrected chi connectivity index (χ0v) is 18.7. The van der Waals surface area contributed by atoms with Gasteiger partial charge in [0.05, 0.1) is 27.9 Å². The Hall–Kier alpha value is -3.86. The Balaban J connectivity index is 1.54. The van der Waals surface area contributed by atoms with Gasteiger partial charge < -0.3 is 10.1 Å². The fourth-order valence-corrected chi connectivity index (χ4v) is 3.07. The lowest BCUT2D eigenvalue weighted by molar-refractivity contribution is -0.126. The first-order valence-corrected chi connectivity index (χ1v) is 10.5. The lowest BCUT2D eigenvalue weighted by atomic mass is 10.1. The van der Waals surface area contributed by atoms with Crippen LogP contribution >= 0.6 is 23.2 Å². The Kier molecular flexibility index (Phi) is 8.42. The molecule has 0 radical (unpaired) electrons. The fraction of sp³-hybridized carbons (Fsp3) is 0.0833. The quantitative estimate of drug-likeness (QED) is 0.271. The first-order chi connectivity index (χ1) is 16.0. The summed E-state index contributed by atoms with van der Waals surface area (Å²) in [6.07, 6.45) is 0.987. The van der Waals surface area contributed by atoms with Gasteiger partial charge in [0.15, 0.2) is 0 Å². The second kappa shape index (κ2) is 11.7. The molecule has 0 aliphatic carbocycles. The summed E-state index contributed by atoms with van der Waals surface area (Å²) in [5, 5.41) is 16.3. The highest BCUT2D eigenvalue weighted by Gasteiger charge is 2.10. The number of hydrogen-bond acceptors (Lipinski definition) is 5. The molecule has 2 amide bonds. The predicted octanol–water partition coefficient (Wildman–Crippen LogP) is 4.92. The standard InChI is InChI=1S/C24H18Cl2N4O3/c25-20-10-9-19(11-21(20)26)29-23(31)12-24(32)30-28-14-17-6-3-4-8-22(17)33-15-18-7-2-1-5-16(18)13-27/h1-11,14H,12,15H2,(H,29,31)(H,30,32). The Bertz CT molecular complexity index is 1240. The van der Waals surface area contributed by atoms with Gasteiger partial charge in [-0.3, -0.25) is 9.59 Å². The summed E-state index contributed by atoms with van der Waals surface area (Å²) in [4.78, 5) is 24.1. The van der Waals surface area contributed by atoms with Crippen LogP contribution in [0.4, 0.5) is 5.69 Å². The SMILES string of the molecule is N#Cc1ccccc1COc1ccccc1C=NNC(=O)CC(=O)Nc1ccc(Cl)c(Cl)c1. The van der Waals surface area contributed by atoms with Crippen LogP contribution in [0.25, 0.3) is 0 Å². The maximum Gasteiger partial charge on any atom is 0.249 e. The minimum atomic E-state index is -0.592. The van der Waals surface area contributed by atoms with Crippen LogP contribution in [-0.4, -0.2) is 18.0 Å². The molecule has 3 aromatic rings. The van der Waals surface area contributed by atoms with Crippen molar-refractivity contribution in [3.8, 4) is 11.8 Å². The lowest BCUT2D eigenvalue weighted by Gasteiger charge is -2.10. The number of rotatable bonds is 8. The molecule has 2 N–H and O–H groups in total. The summed E-state index contributed by atoms with van der Waals surface area (Å²) in [6, 6.07) is 21.0. The molecule has 0 fully saturated rings. The Morgan fingerprint density at radius 3 is 2.55 bits per heavy atom. The number of nitrogens with one attached hydrogen (secondary N) is 2. The van der Waals surface area contributed by atoms with Crippen molar-refractivity contribution in [1.82, 2.24) is 5.43 Å². The van der Waals surface area contributed by atoms with Crippen LogP contribution in [0.5, 0.6) is 5.75 Å². The van der Waals surface area contributed by atoms with Crippen molar-refractivity contribution in [3.63, 3.8) is 0 Å². The molecule has 0 spiro atoms. The van der Waals surface area contributed by atoms with Crippen molar-refractivity contribution >= 4 is 46.9 Å². The number of amides is 2.